The number of aromatic hydroxyl groups is 1. The van der Waals surface area contributed by atoms with Gasteiger partial charge < -0.3 is 24.9 Å². The Kier molecular flexibility index (Phi) is 7.01. The van der Waals surface area contributed by atoms with Gasteiger partial charge in [-0.05, 0) is 43.2 Å². The fourth-order valence-corrected chi connectivity index (χ4v) is 3.38. The number of fused-ring (bicyclic) bond motifs is 1. The molecule has 0 saturated heterocycles. The van der Waals surface area contributed by atoms with Crippen LogP contribution in [0, 0.1) is 0 Å². The number of urea groups is 1. The van der Waals surface area contributed by atoms with Crippen molar-refractivity contribution in [1.82, 2.24) is 20.3 Å². The lowest BCUT2D eigenvalue weighted by molar-refractivity contribution is 0.252. The minimum atomic E-state index is -4.01. The van der Waals surface area contributed by atoms with E-state index in [1.165, 1.54) is 13.2 Å². The molecule has 2 aromatic heterocycles. The van der Waals surface area contributed by atoms with Crippen LogP contribution in [0.25, 0.3) is 22.4 Å². The zero-order valence-corrected chi connectivity index (χ0v) is 17.5. The monoisotopic (exact) mass is 447 g/mol. The van der Waals surface area contributed by atoms with Crippen LogP contribution < -0.4 is 15.4 Å². The SMILES string of the molecule is COc1cc(-c2cnc3ccc(NC(=O)NCCCCP(=O)(O)O)nc3n2)ccc1O. The first kappa shape index (κ1) is 22.4. The first-order chi connectivity index (χ1) is 14.7. The van der Waals surface area contributed by atoms with E-state index in [1.807, 2.05) is 0 Å². The summed E-state index contributed by atoms with van der Waals surface area (Å²) in [6.45, 7) is 0.270. The molecule has 3 rings (SSSR count). The van der Waals surface area contributed by atoms with E-state index < -0.39 is 13.6 Å². The average Bonchev–Trinajstić information content (AvgIpc) is 2.72. The van der Waals surface area contributed by atoms with Gasteiger partial charge in [-0.15, -0.1) is 0 Å². The number of ether oxygens (including phenoxy) is 1. The van der Waals surface area contributed by atoms with Crippen molar-refractivity contribution in [2.75, 3.05) is 25.1 Å². The fourth-order valence-electron chi connectivity index (χ4n) is 2.75. The minimum absolute atomic E-state index is 0.0114. The first-order valence-corrected chi connectivity index (χ1v) is 11.2. The number of hydrogen-bond donors (Lipinski definition) is 5. The Balaban J connectivity index is 1.66. The molecular weight excluding hydrogens is 425 g/mol. The van der Waals surface area contributed by atoms with Gasteiger partial charge >= 0.3 is 13.6 Å². The quantitative estimate of drug-likeness (QED) is 0.257. The fraction of sp³-hybridized carbons (Fsp3) is 0.263. The molecule has 5 N–H and O–H groups in total. The lowest BCUT2D eigenvalue weighted by Crippen LogP contribution is -2.30. The van der Waals surface area contributed by atoms with E-state index >= 15 is 0 Å². The van der Waals surface area contributed by atoms with Crippen molar-refractivity contribution in [2.45, 2.75) is 12.8 Å². The van der Waals surface area contributed by atoms with Gasteiger partial charge in [-0.2, -0.15) is 0 Å². The summed E-state index contributed by atoms with van der Waals surface area (Å²) < 4.78 is 15.9. The van der Waals surface area contributed by atoms with Crippen LogP contribution in [0.1, 0.15) is 12.8 Å². The number of benzene rings is 1. The molecule has 0 aliphatic heterocycles. The van der Waals surface area contributed by atoms with E-state index in [4.69, 9.17) is 14.5 Å². The molecule has 2 amide bonds. The molecule has 0 fully saturated rings. The van der Waals surface area contributed by atoms with Gasteiger partial charge in [0.25, 0.3) is 0 Å². The van der Waals surface area contributed by atoms with Crippen LogP contribution in [0.2, 0.25) is 0 Å². The number of carbonyl (C=O) groups excluding carboxylic acids is 1. The molecule has 0 aliphatic rings. The molecule has 2 heterocycles. The third-order valence-corrected chi connectivity index (χ3v) is 5.18. The van der Waals surface area contributed by atoms with Gasteiger partial charge in [-0.3, -0.25) is 14.9 Å². The second-order valence-electron chi connectivity index (χ2n) is 6.66. The molecule has 31 heavy (non-hydrogen) atoms. The van der Waals surface area contributed by atoms with E-state index in [9.17, 15) is 14.5 Å². The summed E-state index contributed by atoms with van der Waals surface area (Å²) in [5.74, 6) is 0.590. The summed E-state index contributed by atoms with van der Waals surface area (Å²) in [4.78, 5) is 42.7. The first-order valence-electron chi connectivity index (χ1n) is 9.36. The third-order valence-electron chi connectivity index (χ3n) is 4.29. The topological polar surface area (TPSA) is 167 Å². The summed E-state index contributed by atoms with van der Waals surface area (Å²) in [7, 11) is -2.56. The number of hydrogen-bond acceptors (Lipinski definition) is 7. The van der Waals surface area contributed by atoms with Gasteiger partial charge in [0.05, 0.1) is 19.0 Å². The molecule has 12 heteroatoms. The predicted molar refractivity (Wildman–Crippen MR) is 114 cm³/mol. The number of methoxy groups -OCH3 is 1. The highest BCUT2D eigenvalue weighted by Gasteiger charge is 2.12. The maximum atomic E-state index is 12.0. The average molecular weight is 447 g/mol. The number of rotatable bonds is 8. The van der Waals surface area contributed by atoms with E-state index in [-0.39, 0.29) is 24.3 Å². The summed E-state index contributed by atoms with van der Waals surface area (Å²) in [5.41, 5.74) is 2.06. The van der Waals surface area contributed by atoms with E-state index in [2.05, 4.69) is 25.6 Å². The predicted octanol–water partition coefficient (Wildman–Crippen LogP) is 2.49. The molecule has 0 atom stereocenters. The van der Waals surface area contributed by atoms with Crippen molar-refractivity contribution in [3.8, 4) is 22.8 Å². The van der Waals surface area contributed by atoms with E-state index in [0.29, 0.717) is 41.0 Å². The maximum Gasteiger partial charge on any atom is 0.325 e. The van der Waals surface area contributed by atoms with Crippen LogP contribution >= 0.6 is 7.60 Å². The number of carbonyl (C=O) groups is 1. The molecule has 0 unspecified atom stereocenters. The normalized spacial score (nSPS) is 11.3. The van der Waals surface area contributed by atoms with Gasteiger partial charge in [0.15, 0.2) is 17.1 Å². The largest absolute Gasteiger partial charge is 0.504 e. The zero-order chi connectivity index (χ0) is 22.4. The highest BCUT2D eigenvalue weighted by Crippen LogP contribution is 2.35. The Morgan fingerprint density at radius 1 is 1.16 bits per heavy atom. The highest BCUT2D eigenvalue weighted by atomic mass is 31.2. The van der Waals surface area contributed by atoms with E-state index in [1.54, 1.807) is 30.5 Å². The zero-order valence-electron chi connectivity index (χ0n) is 16.6. The van der Waals surface area contributed by atoms with Gasteiger partial charge in [0, 0.05) is 18.3 Å². The second-order valence-corrected chi connectivity index (χ2v) is 8.43. The number of nitrogens with zero attached hydrogens (tertiary/aromatic N) is 3. The Morgan fingerprint density at radius 2 is 1.97 bits per heavy atom. The van der Waals surface area contributed by atoms with Crippen LogP contribution in [-0.4, -0.2) is 55.7 Å². The lowest BCUT2D eigenvalue weighted by Gasteiger charge is -2.09. The van der Waals surface area contributed by atoms with Crippen molar-refractivity contribution in [3.05, 3.63) is 36.5 Å². The Labute approximate surface area is 177 Å². The molecule has 164 valence electrons. The summed E-state index contributed by atoms with van der Waals surface area (Å²) in [6.07, 6.45) is 2.11. The molecule has 0 bridgehead atoms. The number of phenolic OH excluding ortho intramolecular Hbond substituents is 1. The van der Waals surface area contributed by atoms with Crippen LogP contribution in [-0.2, 0) is 4.57 Å². The van der Waals surface area contributed by atoms with Crippen LogP contribution in [0.3, 0.4) is 0 Å². The van der Waals surface area contributed by atoms with Crippen molar-refractivity contribution >= 4 is 30.6 Å². The van der Waals surface area contributed by atoms with E-state index in [0.717, 1.165) is 0 Å². The Hall–Kier alpha value is -3.27. The second kappa shape index (κ2) is 9.69. The Morgan fingerprint density at radius 3 is 2.71 bits per heavy atom. The highest BCUT2D eigenvalue weighted by molar-refractivity contribution is 7.51. The van der Waals surface area contributed by atoms with Crippen LogP contribution in [0.4, 0.5) is 10.6 Å². The van der Waals surface area contributed by atoms with Gasteiger partial charge in [0.1, 0.15) is 11.3 Å². The minimum Gasteiger partial charge on any atom is -0.504 e. The van der Waals surface area contributed by atoms with Crippen LogP contribution in [0.15, 0.2) is 36.5 Å². The van der Waals surface area contributed by atoms with Gasteiger partial charge in [-0.25, -0.2) is 14.8 Å². The van der Waals surface area contributed by atoms with Crippen molar-refractivity contribution in [3.63, 3.8) is 0 Å². The molecule has 0 aliphatic carbocycles. The smallest absolute Gasteiger partial charge is 0.325 e. The number of phenols is 1. The molecular formula is C19H22N5O6P. The van der Waals surface area contributed by atoms with Crippen LogP contribution in [0.5, 0.6) is 11.5 Å². The number of unbranched alkanes of at least 4 members (excludes halogenated alkanes) is 1. The number of pyridine rings is 1. The summed E-state index contributed by atoms with van der Waals surface area (Å²) in [5, 5.41) is 14.9. The molecule has 11 nitrogen and oxygen atoms in total. The summed E-state index contributed by atoms with van der Waals surface area (Å²) in [6, 6.07) is 7.58. The molecule has 0 spiro atoms. The number of nitrogens with one attached hydrogen (secondary N) is 2. The van der Waals surface area contributed by atoms with Crippen molar-refractivity contribution in [2.24, 2.45) is 0 Å². The van der Waals surface area contributed by atoms with Crippen molar-refractivity contribution < 1.29 is 29.0 Å². The van der Waals surface area contributed by atoms with Crippen molar-refractivity contribution in [1.29, 1.82) is 0 Å². The molecule has 3 aromatic rings. The number of aromatic nitrogens is 3. The lowest BCUT2D eigenvalue weighted by atomic mass is 10.1. The van der Waals surface area contributed by atoms with Gasteiger partial charge in [-0.1, -0.05) is 0 Å². The van der Waals surface area contributed by atoms with Gasteiger partial charge in [0.2, 0.25) is 0 Å². The molecule has 1 aromatic carbocycles. The Bertz CT molecular complexity index is 1140. The standard InChI is InChI=1S/C19H22N5O6P/c1-30-16-10-12(4-6-15(16)25)14-11-21-13-5-7-17(23-18(13)22-14)24-19(26)20-8-2-3-9-31(27,28)29/h4-7,10-11,25H,2-3,8-9H2,1H3,(H2,27,28,29)(H2,20,22,23,24,26). The number of anilines is 1. The molecule has 0 radical (unpaired) electrons. The molecule has 0 saturated carbocycles. The number of amides is 2. The third kappa shape index (κ3) is 6.35. The summed E-state index contributed by atoms with van der Waals surface area (Å²) >= 11 is 0. The maximum absolute atomic E-state index is 12.0.